The van der Waals surface area contributed by atoms with Crippen molar-refractivity contribution in [2.75, 3.05) is 11.4 Å². The van der Waals surface area contributed by atoms with Gasteiger partial charge in [0.2, 0.25) is 11.6 Å². The Morgan fingerprint density at radius 2 is 2.00 bits per heavy atom. The van der Waals surface area contributed by atoms with Crippen LogP contribution in [0.2, 0.25) is 0 Å². The van der Waals surface area contributed by atoms with Crippen LogP contribution >= 0.6 is 11.3 Å². The maximum absolute atomic E-state index is 12.7. The lowest BCUT2D eigenvalue weighted by atomic mass is 10.2. The molecule has 0 atom stereocenters. The van der Waals surface area contributed by atoms with Crippen LogP contribution in [0, 0.1) is 6.92 Å². The molecule has 132 valence electrons. The molecule has 0 unspecified atom stereocenters. The van der Waals surface area contributed by atoms with Gasteiger partial charge in [-0.05, 0) is 30.5 Å². The minimum atomic E-state index is -0.500. The molecule has 1 amide bonds. The first-order chi connectivity index (χ1) is 12.6. The Balaban J connectivity index is 1.58. The summed E-state index contributed by atoms with van der Waals surface area (Å²) in [5.41, 5.74) is 1.53. The Bertz CT molecular complexity index is 995. The minimum absolute atomic E-state index is 0.170. The fourth-order valence-corrected chi connectivity index (χ4v) is 3.53. The molecule has 1 N–H and O–H groups in total. The molecular formula is C18H17N5O2S. The molecule has 1 aliphatic heterocycles. The van der Waals surface area contributed by atoms with E-state index in [0.29, 0.717) is 25.6 Å². The molecule has 0 radical (unpaired) electrons. The molecule has 8 heteroatoms. The van der Waals surface area contributed by atoms with E-state index in [9.17, 15) is 9.59 Å². The maximum atomic E-state index is 12.7. The highest BCUT2D eigenvalue weighted by Gasteiger charge is 2.27. The van der Waals surface area contributed by atoms with E-state index in [2.05, 4.69) is 15.5 Å². The Morgan fingerprint density at radius 3 is 2.73 bits per heavy atom. The Hall–Kier alpha value is -3.00. The molecule has 3 aromatic rings. The van der Waals surface area contributed by atoms with E-state index >= 15 is 0 Å². The number of amides is 1. The number of benzene rings is 1. The number of nitrogens with zero attached hydrogens (tertiary/aromatic N) is 4. The van der Waals surface area contributed by atoms with Gasteiger partial charge >= 0.3 is 0 Å². The Morgan fingerprint density at radius 1 is 1.19 bits per heavy atom. The number of aromatic nitrogens is 3. The van der Waals surface area contributed by atoms with Crippen LogP contribution in [0.25, 0.3) is 0 Å². The van der Waals surface area contributed by atoms with Crippen LogP contribution in [0.4, 0.5) is 11.6 Å². The average molecular weight is 367 g/mol. The number of carbonyl (C=O) groups excluding carboxylic acids is 1. The molecular weight excluding hydrogens is 350 g/mol. The molecule has 0 bridgehead atoms. The molecule has 0 fully saturated rings. The highest BCUT2D eigenvalue weighted by molar-refractivity contribution is 7.09. The van der Waals surface area contributed by atoms with E-state index in [1.807, 2.05) is 53.6 Å². The van der Waals surface area contributed by atoms with E-state index in [0.717, 1.165) is 16.1 Å². The first-order valence-corrected chi connectivity index (χ1v) is 9.14. The first-order valence-electron chi connectivity index (χ1n) is 8.26. The van der Waals surface area contributed by atoms with E-state index in [4.69, 9.17) is 0 Å². The zero-order valence-electron chi connectivity index (χ0n) is 14.2. The molecule has 1 aliphatic rings. The van der Waals surface area contributed by atoms with Crippen molar-refractivity contribution in [1.29, 1.82) is 0 Å². The van der Waals surface area contributed by atoms with Crippen molar-refractivity contribution in [2.45, 2.75) is 20.0 Å². The smallest absolute Gasteiger partial charge is 0.286 e. The Kier molecular flexibility index (Phi) is 4.26. The summed E-state index contributed by atoms with van der Waals surface area (Å²) in [7, 11) is 0. The molecule has 4 rings (SSSR count). The van der Waals surface area contributed by atoms with Crippen molar-refractivity contribution in [1.82, 2.24) is 20.1 Å². The van der Waals surface area contributed by atoms with Crippen LogP contribution in [0.3, 0.4) is 0 Å². The number of anilines is 2. The second kappa shape index (κ2) is 6.72. The van der Waals surface area contributed by atoms with Crippen LogP contribution < -0.4 is 15.8 Å². The predicted octanol–water partition coefficient (Wildman–Crippen LogP) is 2.09. The number of aryl methyl sites for hydroxylation is 1. The minimum Gasteiger partial charge on any atom is -0.346 e. The van der Waals surface area contributed by atoms with Crippen molar-refractivity contribution in [3.05, 3.63) is 68.3 Å². The van der Waals surface area contributed by atoms with E-state index < -0.39 is 11.5 Å². The van der Waals surface area contributed by atoms with Gasteiger partial charge in [0.1, 0.15) is 0 Å². The SMILES string of the molecule is Cc1ccc(N2CCn3c2nnc(C(=O)NCc2cccs2)c3=O)cc1. The molecule has 3 heterocycles. The van der Waals surface area contributed by atoms with Crippen LogP contribution in [0.1, 0.15) is 20.9 Å². The van der Waals surface area contributed by atoms with Crippen LogP contribution in [0.5, 0.6) is 0 Å². The van der Waals surface area contributed by atoms with E-state index in [1.165, 1.54) is 4.57 Å². The largest absolute Gasteiger partial charge is 0.346 e. The lowest BCUT2D eigenvalue weighted by molar-refractivity contribution is 0.0943. The number of carbonyl (C=O) groups is 1. The quantitative estimate of drug-likeness (QED) is 0.764. The Labute approximate surface area is 153 Å². The molecule has 1 aromatic carbocycles. The number of rotatable bonds is 4. The normalized spacial score (nSPS) is 12.9. The molecule has 0 aliphatic carbocycles. The summed E-state index contributed by atoms with van der Waals surface area (Å²) in [6, 6.07) is 11.8. The average Bonchev–Trinajstić information content (AvgIpc) is 3.31. The number of fused-ring (bicyclic) bond motifs is 1. The zero-order valence-corrected chi connectivity index (χ0v) is 15.0. The third-order valence-corrected chi connectivity index (χ3v) is 5.16. The van der Waals surface area contributed by atoms with Gasteiger partial charge in [0.05, 0.1) is 6.54 Å². The topological polar surface area (TPSA) is 80.1 Å². The van der Waals surface area contributed by atoms with Gasteiger partial charge in [-0.3, -0.25) is 14.2 Å². The standard InChI is InChI=1S/C18H17N5O2S/c1-12-4-6-13(7-5-12)22-8-9-23-17(25)15(20-21-18(22)23)16(24)19-11-14-3-2-10-26-14/h2-7,10H,8-9,11H2,1H3,(H,19,24). The lowest BCUT2D eigenvalue weighted by Crippen LogP contribution is -2.34. The summed E-state index contributed by atoms with van der Waals surface area (Å²) in [6.45, 7) is 3.48. The molecule has 2 aromatic heterocycles. The highest BCUT2D eigenvalue weighted by Crippen LogP contribution is 2.26. The fraction of sp³-hybridized carbons (Fsp3) is 0.222. The van der Waals surface area contributed by atoms with Gasteiger partial charge in [-0.15, -0.1) is 21.5 Å². The third-order valence-electron chi connectivity index (χ3n) is 4.28. The summed E-state index contributed by atoms with van der Waals surface area (Å²) in [5.74, 6) is -0.0337. The second-order valence-corrected chi connectivity index (χ2v) is 7.09. The third kappa shape index (κ3) is 2.99. The van der Waals surface area contributed by atoms with Crippen molar-refractivity contribution in [3.63, 3.8) is 0 Å². The molecule has 26 heavy (non-hydrogen) atoms. The molecule has 0 spiro atoms. The van der Waals surface area contributed by atoms with E-state index in [-0.39, 0.29) is 5.69 Å². The van der Waals surface area contributed by atoms with Crippen molar-refractivity contribution in [2.24, 2.45) is 0 Å². The predicted molar refractivity (Wildman–Crippen MR) is 100.0 cm³/mol. The van der Waals surface area contributed by atoms with Crippen molar-refractivity contribution in [3.8, 4) is 0 Å². The number of hydrogen-bond donors (Lipinski definition) is 1. The fourth-order valence-electron chi connectivity index (χ4n) is 2.89. The van der Waals surface area contributed by atoms with Crippen LogP contribution in [0.15, 0.2) is 46.6 Å². The van der Waals surface area contributed by atoms with Crippen molar-refractivity contribution < 1.29 is 4.79 Å². The molecule has 0 saturated carbocycles. The van der Waals surface area contributed by atoms with Crippen LogP contribution in [-0.2, 0) is 13.1 Å². The summed E-state index contributed by atoms with van der Waals surface area (Å²) in [5, 5.41) is 12.7. The summed E-state index contributed by atoms with van der Waals surface area (Å²) >= 11 is 1.54. The van der Waals surface area contributed by atoms with Crippen molar-refractivity contribution >= 4 is 28.9 Å². The van der Waals surface area contributed by atoms with Gasteiger partial charge in [0.25, 0.3) is 11.5 Å². The number of nitrogens with one attached hydrogen (secondary N) is 1. The monoisotopic (exact) mass is 367 g/mol. The maximum Gasteiger partial charge on any atom is 0.286 e. The summed E-state index contributed by atoms with van der Waals surface area (Å²) in [4.78, 5) is 27.9. The van der Waals surface area contributed by atoms with Gasteiger partial charge in [-0.25, -0.2) is 0 Å². The summed E-state index contributed by atoms with van der Waals surface area (Å²) in [6.07, 6.45) is 0. The van der Waals surface area contributed by atoms with Gasteiger partial charge in [-0.2, -0.15) is 0 Å². The van der Waals surface area contributed by atoms with Gasteiger partial charge in [-0.1, -0.05) is 23.8 Å². The zero-order chi connectivity index (χ0) is 18.1. The second-order valence-electron chi connectivity index (χ2n) is 6.05. The highest BCUT2D eigenvalue weighted by atomic mass is 32.1. The molecule has 0 saturated heterocycles. The lowest BCUT2D eigenvalue weighted by Gasteiger charge is -2.16. The van der Waals surface area contributed by atoms with Crippen LogP contribution in [-0.4, -0.2) is 27.2 Å². The summed E-state index contributed by atoms with van der Waals surface area (Å²) < 4.78 is 1.51. The van der Waals surface area contributed by atoms with Gasteiger partial charge in [0.15, 0.2) is 0 Å². The molecule has 7 nitrogen and oxygen atoms in total. The number of hydrogen-bond acceptors (Lipinski definition) is 6. The first kappa shape index (κ1) is 16.5. The van der Waals surface area contributed by atoms with Gasteiger partial charge < -0.3 is 10.2 Å². The number of thiophene rings is 1. The van der Waals surface area contributed by atoms with Gasteiger partial charge in [0, 0.05) is 23.7 Å². The van der Waals surface area contributed by atoms with E-state index in [1.54, 1.807) is 11.3 Å².